The van der Waals surface area contributed by atoms with Gasteiger partial charge in [-0.25, -0.2) is 0 Å². The molecule has 3 heterocycles. The Kier molecular flexibility index (Phi) is 4.51. The molecule has 7 heteroatoms. The fraction of sp³-hybridized carbons (Fsp3) is 0.217. The number of aryl methyl sites for hydroxylation is 1. The summed E-state index contributed by atoms with van der Waals surface area (Å²) in [6.45, 7) is 3.92. The number of aromatic nitrogens is 2. The summed E-state index contributed by atoms with van der Waals surface area (Å²) in [6.07, 6.45) is 2.45. The van der Waals surface area contributed by atoms with Gasteiger partial charge in [-0.3, -0.25) is 4.79 Å². The highest BCUT2D eigenvalue weighted by Gasteiger charge is 2.19. The van der Waals surface area contributed by atoms with Crippen molar-refractivity contribution in [3.63, 3.8) is 0 Å². The van der Waals surface area contributed by atoms with Gasteiger partial charge in [0.1, 0.15) is 11.3 Å². The van der Waals surface area contributed by atoms with Crippen molar-refractivity contribution in [1.29, 1.82) is 0 Å². The number of hydrogen-bond donors (Lipinski definition) is 2. The first-order valence-electron chi connectivity index (χ1n) is 9.89. The highest BCUT2D eigenvalue weighted by atomic mass is 35.5. The number of nitrogens with one attached hydrogen (secondary N) is 1. The number of nitrogens with zero attached hydrogens (tertiary/aromatic N) is 2. The quantitative estimate of drug-likeness (QED) is 0.480. The van der Waals surface area contributed by atoms with E-state index in [1.807, 2.05) is 12.1 Å². The lowest BCUT2D eigenvalue weighted by atomic mass is 10.0. The molecule has 30 heavy (non-hydrogen) atoms. The SMILES string of the molecule is Cc1cc(-c2c(O)c3cc(-c4ccc(N5CCCC5)cc4)c(Cl)cc3[nH]c2=O)on1. The average molecular weight is 422 g/mol. The summed E-state index contributed by atoms with van der Waals surface area (Å²) in [5, 5.41) is 15.7. The number of aromatic amines is 1. The van der Waals surface area contributed by atoms with Crippen molar-refractivity contribution in [2.45, 2.75) is 19.8 Å². The van der Waals surface area contributed by atoms with Crippen LogP contribution in [0.2, 0.25) is 5.02 Å². The molecular formula is C23H20ClN3O3. The molecule has 2 aromatic heterocycles. The van der Waals surface area contributed by atoms with Crippen molar-refractivity contribution in [3.05, 3.63) is 63.5 Å². The van der Waals surface area contributed by atoms with Crippen LogP contribution in [-0.4, -0.2) is 28.3 Å². The maximum atomic E-state index is 12.5. The molecule has 0 saturated carbocycles. The molecular weight excluding hydrogens is 402 g/mol. The monoisotopic (exact) mass is 421 g/mol. The van der Waals surface area contributed by atoms with Gasteiger partial charge in [-0.1, -0.05) is 28.9 Å². The minimum atomic E-state index is -0.463. The third-order valence-electron chi connectivity index (χ3n) is 5.60. The van der Waals surface area contributed by atoms with Crippen LogP contribution in [-0.2, 0) is 0 Å². The largest absolute Gasteiger partial charge is 0.506 e. The standard InChI is InChI=1S/C23H20ClN3O3/c1-13-10-20(30-26-13)21-22(28)17-11-16(18(24)12-19(17)25-23(21)29)14-4-6-15(7-5-14)27-8-2-3-9-27/h4-7,10-12H,2-3,8-9H2,1H3,(H2,25,28,29). The molecule has 0 spiro atoms. The van der Waals surface area contributed by atoms with E-state index < -0.39 is 5.56 Å². The zero-order chi connectivity index (χ0) is 20.8. The predicted octanol–water partition coefficient (Wildman–Crippen LogP) is 5.12. The number of benzene rings is 2. The van der Waals surface area contributed by atoms with Gasteiger partial charge in [0.2, 0.25) is 0 Å². The molecule has 0 bridgehead atoms. The lowest BCUT2D eigenvalue weighted by Gasteiger charge is -2.18. The highest BCUT2D eigenvalue weighted by molar-refractivity contribution is 6.34. The fourth-order valence-electron chi connectivity index (χ4n) is 4.06. The normalized spacial score (nSPS) is 14.0. The van der Waals surface area contributed by atoms with E-state index in [9.17, 15) is 9.90 Å². The number of rotatable bonds is 3. The molecule has 0 atom stereocenters. The van der Waals surface area contributed by atoms with Crippen LogP contribution in [0.4, 0.5) is 5.69 Å². The molecule has 6 nitrogen and oxygen atoms in total. The Balaban J connectivity index is 1.62. The lowest BCUT2D eigenvalue weighted by Crippen LogP contribution is -2.17. The van der Waals surface area contributed by atoms with Gasteiger partial charge in [-0.15, -0.1) is 0 Å². The summed E-state index contributed by atoms with van der Waals surface area (Å²) in [5.41, 5.74) is 3.59. The first-order chi connectivity index (χ1) is 14.5. The van der Waals surface area contributed by atoms with E-state index in [0.717, 1.165) is 24.2 Å². The van der Waals surface area contributed by atoms with Crippen LogP contribution < -0.4 is 10.5 Å². The van der Waals surface area contributed by atoms with E-state index >= 15 is 0 Å². The Morgan fingerprint density at radius 1 is 1.13 bits per heavy atom. The summed E-state index contributed by atoms with van der Waals surface area (Å²) < 4.78 is 5.20. The zero-order valence-corrected chi connectivity index (χ0v) is 17.2. The van der Waals surface area contributed by atoms with Gasteiger partial charge in [0.25, 0.3) is 5.56 Å². The first kappa shape index (κ1) is 18.8. The first-order valence-corrected chi connectivity index (χ1v) is 10.3. The summed E-state index contributed by atoms with van der Waals surface area (Å²) in [7, 11) is 0. The van der Waals surface area contributed by atoms with Crippen molar-refractivity contribution in [3.8, 4) is 28.2 Å². The lowest BCUT2D eigenvalue weighted by molar-refractivity contribution is 0.421. The Bertz CT molecular complexity index is 1300. The molecule has 152 valence electrons. The van der Waals surface area contributed by atoms with Crippen LogP contribution in [0.5, 0.6) is 5.75 Å². The van der Waals surface area contributed by atoms with E-state index in [1.165, 1.54) is 18.5 Å². The van der Waals surface area contributed by atoms with Gasteiger partial charge in [-0.2, -0.15) is 0 Å². The average Bonchev–Trinajstić information content (AvgIpc) is 3.40. The van der Waals surface area contributed by atoms with Crippen molar-refractivity contribution < 1.29 is 9.63 Å². The van der Waals surface area contributed by atoms with Crippen LogP contribution in [0.25, 0.3) is 33.4 Å². The van der Waals surface area contributed by atoms with Crippen LogP contribution in [0.1, 0.15) is 18.5 Å². The van der Waals surface area contributed by atoms with Crippen LogP contribution in [0, 0.1) is 6.92 Å². The molecule has 5 rings (SSSR count). The predicted molar refractivity (Wildman–Crippen MR) is 118 cm³/mol. The molecule has 1 fully saturated rings. The Hall–Kier alpha value is -3.25. The number of hydrogen-bond acceptors (Lipinski definition) is 5. The summed E-state index contributed by atoms with van der Waals surface area (Å²) in [6, 6.07) is 13.3. The molecule has 1 aliphatic rings. The van der Waals surface area contributed by atoms with Gasteiger partial charge in [0, 0.05) is 35.8 Å². The van der Waals surface area contributed by atoms with E-state index in [-0.39, 0.29) is 17.1 Å². The van der Waals surface area contributed by atoms with Crippen molar-refractivity contribution in [2.75, 3.05) is 18.0 Å². The van der Waals surface area contributed by atoms with E-state index in [0.29, 0.717) is 21.6 Å². The third-order valence-corrected chi connectivity index (χ3v) is 5.91. The number of anilines is 1. The van der Waals surface area contributed by atoms with Gasteiger partial charge in [-0.05, 0) is 49.6 Å². The Morgan fingerprint density at radius 3 is 2.53 bits per heavy atom. The molecule has 2 N–H and O–H groups in total. The molecule has 1 aliphatic heterocycles. The fourth-order valence-corrected chi connectivity index (χ4v) is 4.33. The number of aromatic hydroxyl groups is 1. The highest BCUT2D eigenvalue weighted by Crippen LogP contribution is 2.38. The van der Waals surface area contributed by atoms with Crippen LogP contribution in [0.3, 0.4) is 0 Å². The molecule has 0 radical (unpaired) electrons. The molecule has 0 unspecified atom stereocenters. The smallest absolute Gasteiger partial charge is 0.263 e. The number of pyridine rings is 1. The van der Waals surface area contributed by atoms with Crippen molar-refractivity contribution in [2.24, 2.45) is 0 Å². The number of fused-ring (bicyclic) bond motifs is 1. The molecule has 2 aromatic carbocycles. The molecule has 1 saturated heterocycles. The molecule has 4 aromatic rings. The minimum absolute atomic E-state index is 0.0563. The molecule has 0 aliphatic carbocycles. The minimum Gasteiger partial charge on any atom is -0.506 e. The van der Waals surface area contributed by atoms with Gasteiger partial charge in [0.15, 0.2) is 5.76 Å². The maximum absolute atomic E-state index is 12.5. The van der Waals surface area contributed by atoms with E-state index in [4.69, 9.17) is 16.1 Å². The number of H-pyrrole nitrogens is 1. The summed E-state index contributed by atoms with van der Waals surface area (Å²) >= 11 is 6.53. The second-order valence-corrected chi connectivity index (χ2v) is 8.04. The summed E-state index contributed by atoms with van der Waals surface area (Å²) in [4.78, 5) is 17.7. The number of halogens is 1. The van der Waals surface area contributed by atoms with Crippen molar-refractivity contribution in [1.82, 2.24) is 10.1 Å². The van der Waals surface area contributed by atoms with Crippen LogP contribution >= 0.6 is 11.6 Å². The maximum Gasteiger partial charge on any atom is 0.263 e. The summed E-state index contributed by atoms with van der Waals surface area (Å²) in [5.74, 6) is 0.0659. The Labute approximate surface area is 177 Å². The zero-order valence-electron chi connectivity index (χ0n) is 16.4. The third kappa shape index (κ3) is 3.13. The van der Waals surface area contributed by atoms with E-state index in [1.54, 1.807) is 25.1 Å². The van der Waals surface area contributed by atoms with Gasteiger partial charge < -0.3 is 19.5 Å². The second kappa shape index (κ2) is 7.22. The van der Waals surface area contributed by atoms with E-state index in [2.05, 4.69) is 27.2 Å². The second-order valence-electron chi connectivity index (χ2n) is 7.63. The van der Waals surface area contributed by atoms with Gasteiger partial charge in [0.05, 0.1) is 16.2 Å². The van der Waals surface area contributed by atoms with Crippen molar-refractivity contribution >= 4 is 28.2 Å². The van der Waals surface area contributed by atoms with Crippen LogP contribution in [0.15, 0.2) is 51.8 Å². The van der Waals surface area contributed by atoms with Gasteiger partial charge >= 0.3 is 0 Å². The Morgan fingerprint density at radius 2 is 1.87 bits per heavy atom. The topological polar surface area (TPSA) is 82.4 Å². The molecule has 0 amide bonds.